The molecule has 0 atom stereocenters. The standard InChI is InChI=1S/C23H29N3O4S2/c1-3-5-7-19-16-20(18-10-8-17(9-11-18)15-21-24-12-13-25-21)22(31-19)32(28,29)26-23(27)30-14-6-4-2/h8-13,16H,3-7,14-15H2,1-2H3,(H,24,25)(H,26,27). The van der Waals surface area contributed by atoms with Crippen LogP contribution in [0.2, 0.25) is 0 Å². The minimum Gasteiger partial charge on any atom is -0.449 e. The molecule has 3 rings (SSSR count). The Kier molecular flexibility index (Phi) is 8.46. The van der Waals surface area contributed by atoms with Gasteiger partial charge in [-0.05, 0) is 36.5 Å². The summed E-state index contributed by atoms with van der Waals surface area (Å²) in [7, 11) is -4.05. The summed E-state index contributed by atoms with van der Waals surface area (Å²) >= 11 is 1.21. The van der Waals surface area contributed by atoms with Crippen molar-refractivity contribution < 1.29 is 17.9 Å². The largest absolute Gasteiger partial charge is 0.449 e. The Morgan fingerprint density at radius 1 is 1.16 bits per heavy atom. The van der Waals surface area contributed by atoms with Crippen LogP contribution in [0.5, 0.6) is 0 Å². The second kappa shape index (κ2) is 11.3. The molecule has 172 valence electrons. The summed E-state index contributed by atoms with van der Waals surface area (Å²) < 4.78 is 33.2. The molecule has 0 fully saturated rings. The van der Waals surface area contributed by atoms with Crippen LogP contribution in [-0.2, 0) is 27.6 Å². The molecule has 1 amide bonds. The van der Waals surface area contributed by atoms with Crippen molar-refractivity contribution in [2.75, 3.05) is 6.61 Å². The van der Waals surface area contributed by atoms with E-state index in [1.165, 1.54) is 11.3 Å². The quantitative estimate of drug-likeness (QED) is 0.367. The van der Waals surface area contributed by atoms with Gasteiger partial charge >= 0.3 is 6.09 Å². The van der Waals surface area contributed by atoms with Crippen molar-refractivity contribution in [3.8, 4) is 11.1 Å². The number of thiophene rings is 1. The first kappa shape index (κ1) is 24.0. The summed E-state index contributed by atoms with van der Waals surface area (Å²) in [4.78, 5) is 20.3. The molecule has 9 heteroatoms. The van der Waals surface area contributed by atoms with Crippen LogP contribution in [0.1, 0.15) is 55.8 Å². The molecule has 7 nitrogen and oxygen atoms in total. The van der Waals surface area contributed by atoms with Gasteiger partial charge < -0.3 is 9.72 Å². The summed E-state index contributed by atoms with van der Waals surface area (Å²) in [5, 5.41) is 0. The van der Waals surface area contributed by atoms with Crippen LogP contribution in [0.3, 0.4) is 0 Å². The van der Waals surface area contributed by atoms with Gasteiger partial charge in [0.05, 0.1) is 6.61 Å². The van der Waals surface area contributed by atoms with Crippen molar-refractivity contribution in [1.82, 2.24) is 14.7 Å². The molecule has 0 unspecified atom stereocenters. The Morgan fingerprint density at radius 3 is 2.56 bits per heavy atom. The van der Waals surface area contributed by atoms with Crippen LogP contribution < -0.4 is 4.72 Å². The number of nitrogens with zero attached hydrogens (tertiary/aromatic N) is 1. The number of rotatable bonds is 11. The molecule has 0 saturated heterocycles. The molecule has 2 heterocycles. The Hall–Kier alpha value is -2.65. The number of carbonyl (C=O) groups is 1. The maximum atomic E-state index is 13.0. The maximum Gasteiger partial charge on any atom is 0.421 e. The van der Waals surface area contributed by atoms with E-state index < -0.39 is 16.1 Å². The van der Waals surface area contributed by atoms with E-state index in [4.69, 9.17) is 4.74 Å². The van der Waals surface area contributed by atoms with Crippen LogP contribution in [0, 0.1) is 0 Å². The van der Waals surface area contributed by atoms with Crippen molar-refractivity contribution in [1.29, 1.82) is 0 Å². The third-order valence-corrected chi connectivity index (χ3v) is 7.95. The summed E-state index contributed by atoms with van der Waals surface area (Å²) in [6.07, 6.45) is 7.52. The van der Waals surface area contributed by atoms with Crippen LogP contribution in [0.4, 0.5) is 4.79 Å². The van der Waals surface area contributed by atoms with E-state index in [2.05, 4.69) is 21.6 Å². The van der Waals surface area contributed by atoms with E-state index in [1.54, 1.807) is 12.4 Å². The summed E-state index contributed by atoms with van der Waals surface area (Å²) in [5.74, 6) is 0.865. The molecule has 0 aliphatic heterocycles. The first-order valence-electron chi connectivity index (χ1n) is 10.8. The summed E-state index contributed by atoms with van der Waals surface area (Å²) in [5.41, 5.74) is 2.44. The number of H-pyrrole nitrogens is 1. The first-order chi connectivity index (χ1) is 15.4. The molecule has 0 bridgehead atoms. The van der Waals surface area contributed by atoms with E-state index >= 15 is 0 Å². The fraction of sp³-hybridized carbons (Fsp3) is 0.391. The minimum absolute atomic E-state index is 0.134. The average molecular weight is 476 g/mol. The monoisotopic (exact) mass is 475 g/mol. The maximum absolute atomic E-state index is 13.0. The number of unbranched alkanes of at least 4 members (excludes halogenated alkanes) is 2. The molecule has 3 aromatic rings. The van der Waals surface area contributed by atoms with Gasteiger partial charge in [-0.25, -0.2) is 22.9 Å². The van der Waals surface area contributed by atoms with Crippen molar-refractivity contribution in [2.45, 2.75) is 56.6 Å². The number of ether oxygens (including phenoxy) is 1. The Labute approximate surface area is 193 Å². The lowest BCUT2D eigenvalue weighted by Crippen LogP contribution is -2.31. The number of aromatic nitrogens is 2. The number of sulfonamides is 1. The summed E-state index contributed by atoms with van der Waals surface area (Å²) in [6, 6.07) is 9.65. The van der Waals surface area contributed by atoms with E-state index in [9.17, 15) is 13.2 Å². The number of aromatic amines is 1. The highest BCUT2D eigenvalue weighted by Crippen LogP contribution is 2.36. The van der Waals surface area contributed by atoms with E-state index in [-0.39, 0.29) is 10.8 Å². The van der Waals surface area contributed by atoms with E-state index in [0.717, 1.165) is 47.5 Å². The molecule has 0 radical (unpaired) electrons. The second-order valence-corrected chi connectivity index (χ2v) is 10.5. The van der Waals surface area contributed by atoms with Gasteiger partial charge in [-0.2, -0.15) is 0 Å². The third kappa shape index (κ3) is 6.43. The smallest absolute Gasteiger partial charge is 0.421 e. The molecular weight excluding hydrogens is 446 g/mol. The number of imidazole rings is 1. The highest BCUT2D eigenvalue weighted by Gasteiger charge is 2.26. The number of benzene rings is 1. The van der Waals surface area contributed by atoms with Gasteiger partial charge in [-0.15, -0.1) is 11.3 Å². The predicted octanol–water partition coefficient (Wildman–Crippen LogP) is 5.29. The van der Waals surface area contributed by atoms with Crippen molar-refractivity contribution in [3.05, 3.63) is 59.0 Å². The van der Waals surface area contributed by atoms with Gasteiger partial charge in [-0.1, -0.05) is 51.0 Å². The molecule has 0 spiro atoms. The number of amides is 1. The lowest BCUT2D eigenvalue weighted by molar-refractivity contribution is 0.151. The fourth-order valence-electron chi connectivity index (χ4n) is 3.18. The molecule has 32 heavy (non-hydrogen) atoms. The molecule has 0 aliphatic carbocycles. The van der Waals surface area contributed by atoms with Crippen LogP contribution in [0.25, 0.3) is 11.1 Å². The van der Waals surface area contributed by atoms with Gasteiger partial charge in [0.25, 0.3) is 10.0 Å². The molecule has 0 saturated carbocycles. The Morgan fingerprint density at radius 2 is 1.91 bits per heavy atom. The van der Waals surface area contributed by atoms with Gasteiger partial charge in [0.15, 0.2) is 0 Å². The van der Waals surface area contributed by atoms with E-state index in [0.29, 0.717) is 18.4 Å². The Balaban J connectivity index is 1.86. The van der Waals surface area contributed by atoms with E-state index in [1.807, 2.05) is 37.3 Å². The minimum atomic E-state index is -4.05. The lowest BCUT2D eigenvalue weighted by Gasteiger charge is -2.09. The van der Waals surface area contributed by atoms with Crippen molar-refractivity contribution in [3.63, 3.8) is 0 Å². The predicted molar refractivity (Wildman–Crippen MR) is 126 cm³/mol. The number of hydrogen-bond donors (Lipinski definition) is 2. The summed E-state index contributed by atoms with van der Waals surface area (Å²) in [6.45, 7) is 4.25. The van der Waals surface area contributed by atoms with Crippen LogP contribution in [-0.4, -0.2) is 31.1 Å². The highest BCUT2D eigenvalue weighted by molar-refractivity contribution is 7.92. The van der Waals surface area contributed by atoms with Crippen molar-refractivity contribution >= 4 is 27.5 Å². The van der Waals surface area contributed by atoms with Crippen LogP contribution in [0.15, 0.2) is 46.9 Å². The van der Waals surface area contributed by atoms with Gasteiger partial charge in [-0.3, -0.25) is 0 Å². The van der Waals surface area contributed by atoms with Gasteiger partial charge in [0.2, 0.25) is 0 Å². The van der Waals surface area contributed by atoms with Gasteiger partial charge in [0, 0.05) is 29.3 Å². The topological polar surface area (TPSA) is 101 Å². The molecule has 2 aromatic heterocycles. The van der Waals surface area contributed by atoms with Crippen LogP contribution >= 0.6 is 11.3 Å². The average Bonchev–Trinajstić information content (AvgIpc) is 3.43. The number of hydrogen-bond acceptors (Lipinski definition) is 6. The zero-order valence-corrected chi connectivity index (χ0v) is 20.0. The van der Waals surface area contributed by atoms with Gasteiger partial charge in [0.1, 0.15) is 10.0 Å². The fourth-order valence-corrected chi connectivity index (χ4v) is 5.85. The molecule has 1 aromatic carbocycles. The number of aryl methyl sites for hydroxylation is 1. The zero-order valence-electron chi connectivity index (χ0n) is 18.4. The lowest BCUT2D eigenvalue weighted by atomic mass is 10.0. The number of carbonyl (C=O) groups excluding carboxylic acids is 1. The highest BCUT2D eigenvalue weighted by atomic mass is 32.2. The number of nitrogens with one attached hydrogen (secondary N) is 2. The second-order valence-electron chi connectivity index (χ2n) is 7.52. The normalized spacial score (nSPS) is 11.4. The molecule has 2 N–H and O–H groups in total. The SMILES string of the molecule is CCCCOC(=O)NS(=O)(=O)c1sc(CCCC)cc1-c1ccc(Cc2ncc[nH]2)cc1. The first-order valence-corrected chi connectivity index (χ1v) is 13.1. The third-order valence-electron chi connectivity index (χ3n) is 4.91. The van der Waals surface area contributed by atoms with Crippen molar-refractivity contribution in [2.24, 2.45) is 0 Å². The zero-order chi connectivity index (χ0) is 23.0. The molecule has 0 aliphatic rings. The Bertz CT molecular complexity index is 1100. The molecular formula is C23H29N3O4S2.